The number of aromatic nitrogens is 2. The van der Waals surface area contributed by atoms with Crippen molar-refractivity contribution in [3.8, 4) is 0 Å². The number of anilines is 1. The van der Waals surface area contributed by atoms with Gasteiger partial charge >= 0.3 is 0 Å². The van der Waals surface area contributed by atoms with E-state index in [0.717, 1.165) is 6.42 Å². The summed E-state index contributed by atoms with van der Waals surface area (Å²) in [5, 5.41) is 3.08. The number of nitrogens with one attached hydrogen (secondary N) is 2. The highest BCUT2D eigenvalue weighted by Gasteiger charge is 2.16. The highest BCUT2D eigenvalue weighted by Crippen LogP contribution is 2.12. The molecule has 4 nitrogen and oxygen atoms in total. The maximum absolute atomic E-state index is 11.2. The Labute approximate surface area is 77.4 Å². The molecular weight excluding hydrogens is 166 g/mol. The summed E-state index contributed by atoms with van der Waals surface area (Å²) in [6.45, 7) is 6.12. The first kappa shape index (κ1) is 9.77. The molecule has 72 valence electrons. The van der Waals surface area contributed by atoms with E-state index in [2.05, 4.69) is 22.2 Å². The number of rotatable bonds is 3. The van der Waals surface area contributed by atoms with E-state index in [4.69, 9.17) is 0 Å². The molecule has 0 spiro atoms. The number of hydrogen-bond acceptors (Lipinski definition) is 3. The monoisotopic (exact) mass is 181 g/mol. The van der Waals surface area contributed by atoms with Gasteiger partial charge in [0, 0.05) is 17.9 Å². The lowest BCUT2D eigenvalue weighted by atomic mass is 10.0. The second-order valence-corrected chi connectivity index (χ2v) is 3.63. The minimum Gasteiger partial charge on any atom is -0.361 e. The quantitative estimate of drug-likeness (QED) is 0.740. The van der Waals surface area contributed by atoms with Gasteiger partial charge in [0.25, 0.3) is 5.56 Å². The number of aromatic amines is 1. The largest absolute Gasteiger partial charge is 0.361 e. The van der Waals surface area contributed by atoms with Gasteiger partial charge in [0.1, 0.15) is 0 Å². The molecule has 0 saturated heterocycles. The Morgan fingerprint density at radius 1 is 1.62 bits per heavy atom. The summed E-state index contributed by atoms with van der Waals surface area (Å²) in [7, 11) is 0. The van der Waals surface area contributed by atoms with Gasteiger partial charge in [-0.25, -0.2) is 4.98 Å². The van der Waals surface area contributed by atoms with Crippen molar-refractivity contribution in [2.24, 2.45) is 0 Å². The molecule has 0 aliphatic carbocycles. The minimum absolute atomic E-state index is 0.0959. The lowest BCUT2D eigenvalue weighted by Crippen LogP contribution is -2.33. The van der Waals surface area contributed by atoms with Gasteiger partial charge in [-0.05, 0) is 20.3 Å². The van der Waals surface area contributed by atoms with Crippen LogP contribution in [0.4, 0.5) is 5.82 Å². The molecule has 0 aliphatic rings. The molecule has 0 aliphatic heterocycles. The van der Waals surface area contributed by atoms with Gasteiger partial charge in [0.15, 0.2) is 5.82 Å². The highest BCUT2D eigenvalue weighted by atomic mass is 16.1. The molecule has 1 heterocycles. The van der Waals surface area contributed by atoms with Crippen LogP contribution in [0.3, 0.4) is 0 Å². The van der Waals surface area contributed by atoms with Crippen LogP contribution in [0.25, 0.3) is 0 Å². The molecule has 1 aromatic heterocycles. The molecule has 1 rings (SSSR count). The maximum atomic E-state index is 11.2. The van der Waals surface area contributed by atoms with Gasteiger partial charge < -0.3 is 10.3 Å². The molecule has 1 aromatic rings. The second-order valence-electron chi connectivity index (χ2n) is 3.63. The molecule has 0 unspecified atom stereocenters. The van der Waals surface area contributed by atoms with Crippen LogP contribution in [0, 0.1) is 0 Å². The Morgan fingerprint density at radius 2 is 2.31 bits per heavy atom. The molecule has 13 heavy (non-hydrogen) atoms. The van der Waals surface area contributed by atoms with Gasteiger partial charge in [-0.15, -0.1) is 0 Å². The van der Waals surface area contributed by atoms with Gasteiger partial charge in [0.2, 0.25) is 0 Å². The Balaban J connectivity index is 2.87. The molecule has 0 atom stereocenters. The van der Waals surface area contributed by atoms with Gasteiger partial charge in [0.05, 0.1) is 0 Å². The van der Waals surface area contributed by atoms with Crippen LogP contribution in [-0.4, -0.2) is 15.5 Å². The van der Waals surface area contributed by atoms with Crippen LogP contribution in [0.15, 0.2) is 17.2 Å². The number of hydrogen-bond donors (Lipinski definition) is 2. The molecule has 4 heteroatoms. The van der Waals surface area contributed by atoms with E-state index in [9.17, 15) is 4.79 Å². The van der Waals surface area contributed by atoms with Crippen molar-refractivity contribution >= 4 is 5.82 Å². The van der Waals surface area contributed by atoms with E-state index in [-0.39, 0.29) is 11.1 Å². The summed E-state index contributed by atoms with van der Waals surface area (Å²) in [5.41, 5.74) is -0.273. The normalized spacial score (nSPS) is 11.3. The van der Waals surface area contributed by atoms with Crippen LogP contribution in [-0.2, 0) is 0 Å². The average Bonchev–Trinajstić information content (AvgIpc) is 2.09. The highest BCUT2D eigenvalue weighted by molar-refractivity contribution is 5.33. The molecule has 0 bridgehead atoms. The van der Waals surface area contributed by atoms with Gasteiger partial charge in [-0.3, -0.25) is 4.79 Å². The Morgan fingerprint density at radius 3 is 2.85 bits per heavy atom. The maximum Gasteiger partial charge on any atom is 0.290 e. The van der Waals surface area contributed by atoms with Gasteiger partial charge in [-0.1, -0.05) is 6.92 Å². The lowest BCUT2D eigenvalue weighted by molar-refractivity contribution is 0.543. The third kappa shape index (κ3) is 2.57. The van der Waals surface area contributed by atoms with Crippen molar-refractivity contribution in [1.29, 1.82) is 0 Å². The molecule has 0 fully saturated rings. The Kier molecular flexibility index (Phi) is 2.70. The standard InChI is InChI=1S/C9H15N3O/c1-4-9(2,3)12-7-8(13)11-6-5-10-7/h5-6H,4H2,1-3H3,(H,10,12)(H,11,13). The SMILES string of the molecule is CCC(C)(C)Nc1ncc[nH]c1=O. The fourth-order valence-electron chi connectivity index (χ4n) is 0.850. The zero-order chi connectivity index (χ0) is 9.90. The van der Waals surface area contributed by atoms with Crippen LogP contribution >= 0.6 is 0 Å². The molecule has 0 amide bonds. The van der Waals surface area contributed by atoms with Crippen molar-refractivity contribution in [2.75, 3.05) is 5.32 Å². The first-order chi connectivity index (χ1) is 6.05. The molecule has 0 aromatic carbocycles. The predicted molar refractivity (Wildman–Crippen MR) is 52.9 cm³/mol. The number of H-pyrrole nitrogens is 1. The van der Waals surface area contributed by atoms with E-state index in [0.29, 0.717) is 5.82 Å². The first-order valence-electron chi connectivity index (χ1n) is 4.37. The van der Waals surface area contributed by atoms with Crippen LogP contribution < -0.4 is 10.9 Å². The smallest absolute Gasteiger partial charge is 0.290 e. The minimum atomic E-state index is -0.177. The van der Waals surface area contributed by atoms with Crippen LogP contribution in [0.1, 0.15) is 27.2 Å². The molecule has 0 saturated carbocycles. The molecular formula is C9H15N3O. The first-order valence-corrected chi connectivity index (χ1v) is 4.37. The van der Waals surface area contributed by atoms with Crippen molar-refractivity contribution in [3.63, 3.8) is 0 Å². The van der Waals surface area contributed by atoms with E-state index in [1.165, 1.54) is 6.20 Å². The van der Waals surface area contributed by atoms with E-state index in [1.807, 2.05) is 13.8 Å². The summed E-state index contributed by atoms with van der Waals surface area (Å²) in [5.74, 6) is 0.384. The third-order valence-corrected chi connectivity index (χ3v) is 2.05. The summed E-state index contributed by atoms with van der Waals surface area (Å²) in [6.07, 6.45) is 4.02. The van der Waals surface area contributed by atoms with Crippen LogP contribution in [0.5, 0.6) is 0 Å². The Hall–Kier alpha value is -1.32. The fraction of sp³-hybridized carbons (Fsp3) is 0.556. The van der Waals surface area contributed by atoms with Gasteiger partial charge in [-0.2, -0.15) is 0 Å². The van der Waals surface area contributed by atoms with Crippen molar-refractivity contribution < 1.29 is 0 Å². The summed E-state index contributed by atoms with van der Waals surface area (Å²) >= 11 is 0. The van der Waals surface area contributed by atoms with E-state index >= 15 is 0 Å². The van der Waals surface area contributed by atoms with Crippen molar-refractivity contribution in [3.05, 3.63) is 22.7 Å². The third-order valence-electron chi connectivity index (χ3n) is 2.05. The van der Waals surface area contributed by atoms with E-state index in [1.54, 1.807) is 6.20 Å². The lowest BCUT2D eigenvalue weighted by Gasteiger charge is -2.24. The zero-order valence-corrected chi connectivity index (χ0v) is 8.22. The molecule has 0 radical (unpaired) electrons. The molecule has 2 N–H and O–H groups in total. The summed E-state index contributed by atoms with van der Waals surface area (Å²) in [4.78, 5) is 17.8. The van der Waals surface area contributed by atoms with E-state index < -0.39 is 0 Å². The summed E-state index contributed by atoms with van der Waals surface area (Å²) in [6, 6.07) is 0. The summed E-state index contributed by atoms with van der Waals surface area (Å²) < 4.78 is 0. The Bertz CT molecular complexity index is 330. The zero-order valence-electron chi connectivity index (χ0n) is 8.22. The van der Waals surface area contributed by atoms with Crippen molar-refractivity contribution in [1.82, 2.24) is 9.97 Å². The fourth-order valence-corrected chi connectivity index (χ4v) is 0.850. The second kappa shape index (κ2) is 3.60. The predicted octanol–water partition coefficient (Wildman–Crippen LogP) is 1.37. The topological polar surface area (TPSA) is 57.8 Å². The van der Waals surface area contributed by atoms with Crippen LogP contribution in [0.2, 0.25) is 0 Å². The van der Waals surface area contributed by atoms with Crippen molar-refractivity contribution in [2.45, 2.75) is 32.7 Å². The average molecular weight is 181 g/mol. The number of nitrogens with zero attached hydrogens (tertiary/aromatic N) is 1.